The first-order valence-electron chi connectivity index (χ1n) is 5.04. The minimum absolute atomic E-state index is 0.0762. The third kappa shape index (κ3) is 5.34. The molecule has 1 heterocycles. The SMILES string of the molecule is NC(=O)CCNC(=O)CC1COCCN1. The van der Waals surface area contributed by atoms with Gasteiger partial charge in [-0.2, -0.15) is 0 Å². The van der Waals surface area contributed by atoms with E-state index in [4.69, 9.17) is 10.5 Å². The Morgan fingerprint density at radius 3 is 2.93 bits per heavy atom. The maximum atomic E-state index is 11.3. The van der Waals surface area contributed by atoms with Gasteiger partial charge in [0.15, 0.2) is 0 Å². The summed E-state index contributed by atoms with van der Waals surface area (Å²) in [4.78, 5) is 21.7. The quantitative estimate of drug-likeness (QED) is 0.512. The molecule has 6 heteroatoms. The van der Waals surface area contributed by atoms with Crippen LogP contribution in [0.4, 0.5) is 0 Å². The van der Waals surface area contributed by atoms with Crippen LogP contribution in [0, 0.1) is 0 Å². The van der Waals surface area contributed by atoms with Crippen LogP contribution in [0.5, 0.6) is 0 Å². The molecule has 0 aromatic carbocycles. The van der Waals surface area contributed by atoms with E-state index in [1.807, 2.05) is 0 Å². The molecule has 0 aromatic rings. The van der Waals surface area contributed by atoms with Gasteiger partial charge in [-0.1, -0.05) is 0 Å². The van der Waals surface area contributed by atoms with Crippen molar-refractivity contribution in [2.75, 3.05) is 26.3 Å². The summed E-state index contributed by atoms with van der Waals surface area (Å²) in [7, 11) is 0. The second-order valence-corrected chi connectivity index (χ2v) is 3.50. The lowest BCUT2D eigenvalue weighted by molar-refractivity contribution is -0.122. The van der Waals surface area contributed by atoms with Crippen LogP contribution in [-0.2, 0) is 14.3 Å². The van der Waals surface area contributed by atoms with E-state index in [1.54, 1.807) is 0 Å². The number of primary amides is 1. The zero-order chi connectivity index (χ0) is 11.1. The van der Waals surface area contributed by atoms with Crippen LogP contribution in [0.1, 0.15) is 12.8 Å². The van der Waals surface area contributed by atoms with Gasteiger partial charge in [0.25, 0.3) is 0 Å². The van der Waals surface area contributed by atoms with Crippen LogP contribution < -0.4 is 16.4 Å². The molecule has 1 aliphatic rings. The smallest absolute Gasteiger partial charge is 0.221 e. The van der Waals surface area contributed by atoms with Crippen molar-refractivity contribution >= 4 is 11.8 Å². The minimum atomic E-state index is -0.408. The number of hydrogen-bond acceptors (Lipinski definition) is 4. The maximum absolute atomic E-state index is 11.3. The Bertz CT molecular complexity index is 227. The Hall–Kier alpha value is -1.14. The molecule has 1 rings (SSSR count). The molecule has 1 fully saturated rings. The summed E-state index contributed by atoms with van der Waals surface area (Å²) in [5.41, 5.74) is 4.94. The van der Waals surface area contributed by atoms with Crippen molar-refractivity contribution in [2.24, 2.45) is 5.73 Å². The molecule has 2 amide bonds. The fourth-order valence-corrected chi connectivity index (χ4v) is 1.37. The van der Waals surface area contributed by atoms with Gasteiger partial charge in [-0.3, -0.25) is 9.59 Å². The Balaban J connectivity index is 2.09. The second-order valence-electron chi connectivity index (χ2n) is 3.50. The van der Waals surface area contributed by atoms with E-state index in [-0.39, 0.29) is 18.4 Å². The molecule has 0 aromatic heterocycles. The minimum Gasteiger partial charge on any atom is -0.378 e. The first-order valence-corrected chi connectivity index (χ1v) is 5.04. The van der Waals surface area contributed by atoms with Gasteiger partial charge >= 0.3 is 0 Å². The molecule has 0 spiro atoms. The molecule has 15 heavy (non-hydrogen) atoms. The number of morpholine rings is 1. The van der Waals surface area contributed by atoms with Gasteiger partial charge in [-0.05, 0) is 0 Å². The number of hydrogen-bond donors (Lipinski definition) is 3. The number of amides is 2. The monoisotopic (exact) mass is 215 g/mol. The summed E-state index contributed by atoms with van der Waals surface area (Å²) in [5.74, 6) is -0.492. The normalized spacial score (nSPS) is 20.9. The van der Waals surface area contributed by atoms with Gasteiger partial charge in [0, 0.05) is 32.0 Å². The highest BCUT2D eigenvalue weighted by Crippen LogP contribution is 1.97. The highest BCUT2D eigenvalue weighted by molar-refractivity contribution is 5.78. The van der Waals surface area contributed by atoms with E-state index < -0.39 is 5.91 Å². The number of nitrogens with one attached hydrogen (secondary N) is 2. The Kier molecular flexibility index (Phi) is 5.06. The first-order chi connectivity index (χ1) is 7.18. The van der Waals surface area contributed by atoms with Gasteiger partial charge in [-0.25, -0.2) is 0 Å². The van der Waals surface area contributed by atoms with Gasteiger partial charge in [0.05, 0.1) is 13.2 Å². The Labute approximate surface area is 88.5 Å². The number of carbonyl (C=O) groups excluding carboxylic acids is 2. The molecule has 0 aliphatic carbocycles. The topological polar surface area (TPSA) is 93.5 Å². The van der Waals surface area contributed by atoms with Gasteiger partial charge < -0.3 is 21.1 Å². The maximum Gasteiger partial charge on any atom is 0.221 e. The van der Waals surface area contributed by atoms with Crippen LogP contribution in [0.3, 0.4) is 0 Å². The van der Waals surface area contributed by atoms with Crippen molar-refractivity contribution in [2.45, 2.75) is 18.9 Å². The van der Waals surface area contributed by atoms with Crippen molar-refractivity contribution in [3.05, 3.63) is 0 Å². The zero-order valence-electron chi connectivity index (χ0n) is 8.62. The Morgan fingerprint density at radius 1 is 1.53 bits per heavy atom. The largest absolute Gasteiger partial charge is 0.378 e. The van der Waals surface area contributed by atoms with Crippen LogP contribution in [-0.4, -0.2) is 44.2 Å². The number of nitrogens with two attached hydrogens (primary N) is 1. The molecule has 1 unspecified atom stereocenters. The van der Waals surface area contributed by atoms with E-state index in [1.165, 1.54) is 0 Å². The molecule has 0 bridgehead atoms. The third-order valence-corrected chi connectivity index (χ3v) is 2.12. The lowest BCUT2D eigenvalue weighted by Gasteiger charge is -2.23. The highest BCUT2D eigenvalue weighted by Gasteiger charge is 2.16. The predicted molar refractivity (Wildman–Crippen MR) is 54.0 cm³/mol. The van der Waals surface area contributed by atoms with Crippen molar-refractivity contribution in [1.82, 2.24) is 10.6 Å². The summed E-state index contributed by atoms with van der Waals surface area (Å²) < 4.78 is 5.21. The van der Waals surface area contributed by atoms with E-state index in [9.17, 15) is 9.59 Å². The first kappa shape index (κ1) is 11.9. The molecule has 1 saturated heterocycles. The van der Waals surface area contributed by atoms with Crippen molar-refractivity contribution in [1.29, 1.82) is 0 Å². The fourth-order valence-electron chi connectivity index (χ4n) is 1.37. The summed E-state index contributed by atoms with van der Waals surface area (Å²) >= 11 is 0. The molecule has 1 aliphatic heterocycles. The number of ether oxygens (including phenoxy) is 1. The van der Waals surface area contributed by atoms with E-state index in [2.05, 4.69) is 10.6 Å². The summed E-state index contributed by atoms with van der Waals surface area (Å²) in [6.07, 6.45) is 0.555. The standard InChI is InChI=1S/C9H17N3O3/c10-8(13)1-2-12-9(14)5-7-6-15-4-3-11-7/h7,11H,1-6H2,(H2,10,13)(H,12,14). The highest BCUT2D eigenvalue weighted by atomic mass is 16.5. The van der Waals surface area contributed by atoms with E-state index in [0.29, 0.717) is 26.2 Å². The average molecular weight is 215 g/mol. The van der Waals surface area contributed by atoms with Gasteiger partial charge in [0.1, 0.15) is 0 Å². The molecule has 4 N–H and O–H groups in total. The molecule has 86 valence electrons. The zero-order valence-corrected chi connectivity index (χ0v) is 8.62. The lowest BCUT2D eigenvalue weighted by atomic mass is 10.2. The van der Waals surface area contributed by atoms with Crippen molar-refractivity contribution in [3.8, 4) is 0 Å². The van der Waals surface area contributed by atoms with Gasteiger partial charge in [-0.15, -0.1) is 0 Å². The summed E-state index contributed by atoms with van der Waals surface area (Å²) in [6.45, 7) is 2.34. The number of carbonyl (C=O) groups is 2. The molecular formula is C9H17N3O3. The fraction of sp³-hybridized carbons (Fsp3) is 0.778. The lowest BCUT2D eigenvalue weighted by Crippen LogP contribution is -2.44. The van der Waals surface area contributed by atoms with Crippen molar-refractivity contribution in [3.63, 3.8) is 0 Å². The number of rotatable bonds is 5. The third-order valence-electron chi connectivity index (χ3n) is 2.12. The predicted octanol–water partition coefficient (Wildman–Crippen LogP) is -1.64. The molecule has 6 nitrogen and oxygen atoms in total. The summed E-state index contributed by atoms with van der Waals surface area (Å²) in [6, 6.07) is 0.0762. The average Bonchev–Trinajstić information content (AvgIpc) is 2.18. The molecule has 0 saturated carbocycles. The van der Waals surface area contributed by atoms with Crippen LogP contribution in [0.2, 0.25) is 0 Å². The molecular weight excluding hydrogens is 198 g/mol. The second kappa shape index (κ2) is 6.36. The van der Waals surface area contributed by atoms with Crippen molar-refractivity contribution < 1.29 is 14.3 Å². The van der Waals surface area contributed by atoms with Crippen LogP contribution in [0.15, 0.2) is 0 Å². The van der Waals surface area contributed by atoms with Crippen LogP contribution >= 0.6 is 0 Å². The van der Waals surface area contributed by atoms with Gasteiger partial charge in [0.2, 0.25) is 11.8 Å². The molecule has 1 atom stereocenters. The summed E-state index contributed by atoms with van der Waals surface area (Å²) in [5, 5.41) is 5.80. The Morgan fingerprint density at radius 2 is 2.33 bits per heavy atom. The molecule has 0 radical (unpaired) electrons. The van der Waals surface area contributed by atoms with Crippen LogP contribution in [0.25, 0.3) is 0 Å². The van der Waals surface area contributed by atoms with E-state index in [0.717, 1.165) is 6.54 Å². The van der Waals surface area contributed by atoms with E-state index >= 15 is 0 Å².